The van der Waals surface area contributed by atoms with Gasteiger partial charge in [0.2, 0.25) is 0 Å². The van der Waals surface area contributed by atoms with Gasteiger partial charge in [0.15, 0.2) is 0 Å². The molecular weight excluding hydrogens is 392 g/mol. The van der Waals surface area contributed by atoms with E-state index in [1.807, 2.05) is 30.3 Å². The first-order valence-electron chi connectivity index (χ1n) is 8.73. The van der Waals surface area contributed by atoms with Gasteiger partial charge in [-0.15, -0.1) is 0 Å². The summed E-state index contributed by atoms with van der Waals surface area (Å²) in [5, 5.41) is 11.2. The highest BCUT2D eigenvalue weighted by Gasteiger charge is 2.18. The number of imidazole rings is 1. The molecule has 3 N–H and O–H groups in total. The van der Waals surface area contributed by atoms with E-state index in [4.69, 9.17) is 5.11 Å². The molecule has 8 nitrogen and oxygen atoms in total. The Morgan fingerprint density at radius 1 is 1.21 bits per heavy atom. The van der Waals surface area contributed by atoms with Gasteiger partial charge < -0.3 is 15.4 Å². The van der Waals surface area contributed by atoms with Crippen LogP contribution < -0.4 is 9.62 Å². The number of carbonyl (C=O) groups excluding carboxylic acids is 1. The van der Waals surface area contributed by atoms with Crippen molar-refractivity contribution in [3.63, 3.8) is 0 Å². The quantitative estimate of drug-likeness (QED) is 0.525. The van der Waals surface area contributed by atoms with E-state index in [9.17, 15) is 13.8 Å². The molecule has 29 heavy (non-hydrogen) atoms. The third kappa shape index (κ3) is 5.08. The van der Waals surface area contributed by atoms with Crippen LogP contribution in [0.25, 0.3) is 11.1 Å². The molecule has 150 valence electrons. The minimum Gasteiger partial charge on any atom is -0.480 e. The highest BCUT2D eigenvalue weighted by molar-refractivity contribution is 7.85. The SMILES string of the molecule is CS(=O)N(Cc1cnc[nH]1)c1ccc(C(=O)NCC(=O)O)c(-c2ccccc2)c1. The summed E-state index contributed by atoms with van der Waals surface area (Å²) in [6.45, 7) is -0.123. The highest BCUT2D eigenvalue weighted by Crippen LogP contribution is 2.30. The summed E-state index contributed by atoms with van der Waals surface area (Å²) in [6.07, 6.45) is 4.79. The van der Waals surface area contributed by atoms with Gasteiger partial charge in [0, 0.05) is 18.0 Å². The fraction of sp³-hybridized carbons (Fsp3) is 0.150. The van der Waals surface area contributed by atoms with Crippen LogP contribution >= 0.6 is 0 Å². The number of hydrogen-bond acceptors (Lipinski definition) is 4. The molecule has 9 heteroatoms. The van der Waals surface area contributed by atoms with Crippen LogP contribution in [0.4, 0.5) is 5.69 Å². The van der Waals surface area contributed by atoms with Crippen LogP contribution in [0.2, 0.25) is 0 Å². The van der Waals surface area contributed by atoms with Gasteiger partial charge in [-0.25, -0.2) is 9.19 Å². The van der Waals surface area contributed by atoms with Crippen molar-refractivity contribution in [1.29, 1.82) is 0 Å². The highest BCUT2D eigenvalue weighted by atomic mass is 32.2. The molecule has 1 heterocycles. The Kier molecular flexibility index (Phi) is 6.40. The van der Waals surface area contributed by atoms with Crippen LogP contribution in [-0.2, 0) is 22.3 Å². The van der Waals surface area contributed by atoms with E-state index in [1.54, 1.807) is 41.3 Å². The lowest BCUT2D eigenvalue weighted by atomic mass is 9.98. The van der Waals surface area contributed by atoms with Crippen LogP contribution in [0.3, 0.4) is 0 Å². The Bertz CT molecular complexity index is 1020. The Morgan fingerprint density at radius 3 is 2.59 bits per heavy atom. The van der Waals surface area contributed by atoms with Gasteiger partial charge in [0.1, 0.15) is 17.5 Å². The summed E-state index contributed by atoms with van der Waals surface area (Å²) in [7, 11) is -1.32. The first-order valence-corrected chi connectivity index (χ1v) is 10.2. The van der Waals surface area contributed by atoms with Crippen LogP contribution in [0, 0.1) is 0 Å². The number of amides is 1. The summed E-state index contributed by atoms with van der Waals surface area (Å²) in [5.74, 6) is -1.61. The van der Waals surface area contributed by atoms with Gasteiger partial charge in [-0.3, -0.25) is 13.9 Å². The molecule has 0 aliphatic rings. The molecule has 1 unspecified atom stereocenters. The molecule has 0 aliphatic heterocycles. The van der Waals surface area contributed by atoms with Crippen molar-refractivity contribution in [2.75, 3.05) is 17.1 Å². The van der Waals surface area contributed by atoms with Crippen LogP contribution in [0.15, 0.2) is 61.1 Å². The minimum atomic E-state index is -1.32. The van der Waals surface area contributed by atoms with Crippen molar-refractivity contribution >= 4 is 28.5 Å². The van der Waals surface area contributed by atoms with Crippen molar-refractivity contribution in [3.05, 3.63) is 72.3 Å². The number of aromatic amines is 1. The number of carboxylic acids is 1. The predicted octanol–water partition coefficient (Wildman–Crippen LogP) is 2.19. The fourth-order valence-corrected chi connectivity index (χ4v) is 3.58. The lowest BCUT2D eigenvalue weighted by Crippen LogP contribution is -2.30. The maximum Gasteiger partial charge on any atom is 0.322 e. The summed E-state index contributed by atoms with van der Waals surface area (Å²) in [5.41, 5.74) is 3.20. The third-order valence-corrected chi connectivity index (χ3v) is 5.16. The van der Waals surface area contributed by atoms with Gasteiger partial charge in [0.05, 0.1) is 24.3 Å². The summed E-state index contributed by atoms with van der Waals surface area (Å²) >= 11 is 0. The standard InChI is InChI=1S/C20H20N4O4S/c1-29(28)24(12-15-10-21-13-23-15)16-7-8-17(20(27)22-11-19(25)26)18(9-16)14-5-3-2-4-6-14/h2-10,13H,11-12H2,1H3,(H,21,23)(H,22,27)(H,25,26). The lowest BCUT2D eigenvalue weighted by Gasteiger charge is -2.22. The first-order chi connectivity index (χ1) is 14.0. The first kappa shape index (κ1) is 20.3. The molecule has 2 aromatic carbocycles. The lowest BCUT2D eigenvalue weighted by molar-refractivity contribution is -0.135. The predicted molar refractivity (Wildman–Crippen MR) is 111 cm³/mol. The number of nitrogens with zero attached hydrogens (tertiary/aromatic N) is 2. The molecule has 1 aromatic heterocycles. The third-order valence-electron chi connectivity index (χ3n) is 4.20. The van der Waals surface area contributed by atoms with Crippen LogP contribution in [-0.4, -0.2) is 44.0 Å². The summed E-state index contributed by atoms with van der Waals surface area (Å²) in [4.78, 5) is 30.3. The molecule has 0 saturated heterocycles. The van der Waals surface area contributed by atoms with Crippen LogP contribution in [0.1, 0.15) is 16.1 Å². The maximum atomic E-state index is 12.6. The van der Waals surface area contributed by atoms with E-state index in [-0.39, 0.29) is 0 Å². The van der Waals surface area contributed by atoms with Crippen molar-refractivity contribution in [2.45, 2.75) is 6.54 Å². The molecule has 3 rings (SSSR count). The number of rotatable bonds is 8. The van der Waals surface area contributed by atoms with Gasteiger partial charge in [-0.1, -0.05) is 30.3 Å². The smallest absolute Gasteiger partial charge is 0.322 e. The number of aromatic nitrogens is 2. The Labute approximate surface area is 170 Å². The second-order valence-corrected chi connectivity index (χ2v) is 7.50. The second-order valence-electron chi connectivity index (χ2n) is 6.21. The number of carboxylic acid groups (broad SMARTS) is 1. The molecule has 1 atom stereocenters. The number of aliphatic carboxylic acids is 1. The van der Waals surface area contributed by atoms with E-state index in [0.29, 0.717) is 23.4 Å². The molecule has 0 bridgehead atoms. The summed E-state index contributed by atoms with van der Waals surface area (Å²) in [6, 6.07) is 14.4. The zero-order valence-corrected chi connectivity index (χ0v) is 16.5. The maximum absolute atomic E-state index is 12.6. The van der Waals surface area contributed by atoms with E-state index in [0.717, 1.165) is 11.3 Å². The number of carbonyl (C=O) groups is 2. The molecule has 1 amide bonds. The number of hydrogen-bond donors (Lipinski definition) is 3. The molecular formula is C20H20N4O4S. The monoisotopic (exact) mass is 412 g/mol. The molecule has 0 fully saturated rings. The van der Waals surface area contributed by atoms with E-state index < -0.39 is 29.4 Å². The number of H-pyrrole nitrogens is 1. The van der Waals surface area contributed by atoms with E-state index in [2.05, 4.69) is 15.3 Å². The molecule has 0 saturated carbocycles. The van der Waals surface area contributed by atoms with Crippen molar-refractivity contribution in [1.82, 2.24) is 15.3 Å². The second kappa shape index (κ2) is 9.16. The average Bonchev–Trinajstić information content (AvgIpc) is 3.23. The van der Waals surface area contributed by atoms with Crippen LogP contribution in [0.5, 0.6) is 0 Å². The number of benzene rings is 2. The van der Waals surface area contributed by atoms with Gasteiger partial charge in [-0.05, 0) is 29.3 Å². The van der Waals surface area contributed by atoms with E-state index >= 15 is 0 Å². The average molecular weight is 412 g/mol. The molecule has 0 aliphatic carbocycles. The summed E-state index contributed by atoms with van der Waals surface area (Å²) < 4.78 is 14.1. The zero-order valence-electron chi connectivity index (χ0n) is 15.7. The Balaban J connectivity index is 2.02. The van der Waals surface area contributed by atoms with Gasteiger partial charge in [0.25, 0.3) is 5.91 Å². The normalized spacial score (nSPS) is 11.6. The largest absolute Gasteiger partial charge is 0.480 e. The topological polar surface area (TPSA) is 115 Å². The number of nitrogens with one attached hydrogen (secondary N) is 2. The minimum absolute atomic E-state index is 0.338. The zero-order chi connectivity index (χ0) is 20.8. The van der Waals surface area contributed by atoms with Gasteiger partial charge >= 0.3 is 5.97 Å². The molecule has 0 spiro atoms. The van der Waals surface area contributed by atoms with E-state index in [1.165, 1.54) is 0 Å². The van der Waals surface area contributed by atoms with Crippen molar-refractivity contribution < 1.29 is 18.9 Å². The van der Waals surface area contributed by atoms with Crippen molar-refractivity contribution in [3.8, 4) is 11.1 Å². The molecule has 3 aromatic rings. The Hall–Kier alpha value is -3.46. The van der Waals surface area contributed by atoms with Crippen molar-refractivity contribution in [2.24, 2.45) is 0 Å². The Morgan fingerprint density at radius 2 is 1.97 bits per heavy atom. The number of anilines is 1. The van der Waals surface area contributed by atoms with Gasteiger partial charge in [-0.2, -0.15) is 0 Å². The fourth-order valence-electron chi connectivity index (χ4n) is 2.85. The molecule has 0 radical (unpaired) electrons.